The molecule has 1 unspecified atom stereocenters. The summed E-state index contributed by atoms with van der Waals surface area (Å²) in [6, 6.07) is 4.00. The molecule has 2 heterocycles. The van der Waals surface area contributed by atoms with Gasteiger partial charge in [-0.2, -0.15) is 5.06 Å². The Morgan fingerprint density at radius 1 is 1.21 bits per heavy atom. The number of carbonyl (C=O) groups excluding carboxylic acids is 2. The second-order valence-corrected chi connectivity index (χ2v) is 7.67. The van der Waals surface area contributed by atoms with Crippen molar-refractivity contribution in [2.45, 2.75) is 38.1 Å². The van der Waals surface area contributed by atoms with Gasteiger partial charge in [0.15, 0.2) is 5.78 Å². The number of halogens is 1. The first-order chi connectivity index (χ1) is 11.3. The van der Waals surface area contributed by atoms with Crippen molar-refractivity contribution in [3.8, 4) is 0 Å². The molecule has 0 aromatic heterocycles. The van der Waals surface area contributed by atoms with Crippen molar-refractivity contribution in [1.29, 1.82) is 0 Å². The predicted molar refractivity (Wildman–Crippen MR) is 94.7 cm³/mol. The molecular formula is C18H23BrN2O3. The van der Waals surface area contributed by atoms with E-state index in [9.17, 15) is 9.59 Å². The van der Waals surface area contributed by atoms with Gasteiger partial charge in [-0.3, -0.25) is 9.59 Å². The number of hydrogen-bond donors (Lipinski definition) is 0. The molecule has 0 N–H and O–H groups in total. The predicted octanol–water partition coefficient (Wildman–Crippen LogP) is 2.59. The van der Waals surface area contributed by atoms with Crippen LogP contribution >= 0.6 is 15.9 Å². The molecule has 1 amide bonds. The SMILES string of the molecule is CON1CCC2(CC1)C(=O)C(c1c(C)cc(C)cc1Br)C(=O)N2C. The highest BCUT2D eigenvalue weighted by Gasteiger charge is 2.58. The Morgan fingerprint density at radius 2 is 1.83 bits per heavy atom. The zero-order valence-electron chi connectivity index (χ0n) is 14.6. The van der Waals surface area contributed by atoms with Gasteiger partial charge in [0.2, 0.25) is 5.91 Å². The van der Waals surface area contributed by atoms with Gasteiger partial charge in [0.1, 0.15) is 11.5 Å². The molecule has 5 nitrogen and oxygen atoms in total. The number of Topliss-reactive ketones (excluding diaryl/α,β-unsaturated/α-hetero) is 1. The molecule has 1 aromatic rings. The summed E-state index contributed by atoms with van der Waals surface area (Å²) in [5, 5.41) is 1.84. The summed E-state index contributed by atoms with van der Waals surface area (Å²) in [7, 11) is 3.40. The molecule has 0 radical (unpaired) electrons. The number of piperidine rings is 1. The lowest BCUT2D eigenvalue weighted by atomic mass is 9.79. The third-order valence-corrected chi connectivity index (χ3v) is 6.17. The van der Waals surface area contributed by atoms with E-state index in [1.165, 1.54) is 0 Å². The van der Waals surface area contributed by atoms with Gasteiger partial charge in [-0.25, -0.2) is 0 Å². The van der Waals surface area contributed by atoms with E-state index in [-0.39, 0.29) is 11.7 Å². The molecule has 2 saturated heterocycles. The largest absolute Gasteiger partial charge is 0.332 e. The molecule has 0 saturated carbocycles. The van der Waals surface area contributed by atoms with Crippen molar-refractivity contribution in [3.05, 3.63) is 33.3 Å². The topological polar surface area (TPSA) is 49.9 Å². The van der Waals surface area contributed by atoms with Crippen LogP contribution in [0.4, 0.5) is 0 Å². The Bertz CT molecular complexity index is 672. The Balaban J connectivity index is 2.01. The van der Waals surface area contributed by atoms with Crippen LogP contribution < -0.4 is 0 Å². The molecule has 0 bridgehead atoms. The highest BCUT2D eigenvalue weighted by Crippen LogP contribution is 2.44. The standard InChI is InChI=1S/C18H23BrN2O3/c1-11-9-12(2)14(13(19)10-11)15-16(22)18(20(3)17(15)23)5-7-21(24-4)8-6-18/h9-10,15H,5-8H2,1-4H3. The average molecular weight is 395 g/mol. The number of likely N-dealkylation sites (N-methyl/N-ethyl adjacent to an activating group) is 1. The van der Waals surface area contributed by atoms with Crippen LogP contribution in [0.15, 0.2) is 16.6 Å². The Kier molecular flexibility index (Phi) is 4.57. The molecule has 2 aliphatic heterocycles. The first-order valence-electron chi connectivity index (χ1n) is 8.19. The van der Waals surface area contributed by atoms with Crippen molar-refractivity contribution >= 4 is 27.6 Å². The summed E-state index contributed by atoms with van der Waals surface area (Å²) in [6.45, 7) is 5.28. The fourth-order valence-electron chi connectivity index (χ4n) is 4.12. The van der Waals surface area contributed by atoms with Crippen LogP contribution in [-0.4, -0.2) is 54.4 Å². The maximum absolute atomic E-state index is 13.3. The molecule has 6 heteroatoms. The van der Waals surface area contributed by atoms with E-state index >= 15 is 0 Å². The van der Waals surface area contributed by atoms with Crippen molar-refractivity contribution in [1.82, 2.24) is 9.96 Å². The number of carbonyl (C=O) groups is 2. The van der Waals surface area contributed by atoms with Crippen LogP contribution in [0.5, 0.6) is 0 Å². The fraction of sp³-hybridized carbons (Fsp3) is 0.556. The number of aryl methyl sites for hydroxylation is 2. The zero-order valence-corrected chi connectivity index (χ0v) is 16.1. The first kappa shape index (κ1) is 17.6. The molecular weight excluding hydrogens is 372 g/mol. The lowest BCUT2D eigenvalue weighted by Crippen LogP contribution is -2.54. The van der Waals surface area contributed by atoms with Gasteiger partial charge < -0.3 is 9.74 Å². The van der Waals surface area contributed by atoms with Crippen LogP contribution in [0, 0.1) is 13.8 Å². The van der Waals surface area contributed by atoms with Gasteiger partial charge in [0, 0.05) is 24.6 Å². The minimum absolute atomic E-state index is 0.0263. The quantitative estimate of drug-likeness (QED) is 0.723. The van der Waals surface area contributed by atoms with Gasteiger partial charge in [-0.05, 0) is 49.4 Å². The van der Waals surface area contributed by atoms with E-state index in [1.54, 1.807) is 19.1 Å². The highest BCUT2D eigenvalue weighted by atomic mass is 79.9. The molecule has 1 aromatic carbocycles. The number of amides is 1. The maximum Gasteiger partial charge on any atom is 0.238 e. The van der Waals surface area contributed by atoms with Gasteiger partial charge in [-0.1, -0.05) is 22.0 Å². The normalized spacial score (nSPS) is 24.2. The minimum atomic E-state index is -0.709. The van der Waals surface area contributed by atoms with Gasteiger partial charge in [0.05, 0.1) is 7.11 Å². The van der Waals surface area contributed by atoms with Crippen molar-refractivity contribution in [3.63, 3.8) is 0 Å². The molecule has 24 heavy (non-hydrogen) atoms. The van der Waals surface area contributed by atoms with E-state index in [1.807, 2.05) is 31.0 Å². The van der Waals surface area contributed by atoms with Crippen molar-refractivity contribution < 1.29 is 14.4 Å². The maximum atomic E-state index is 13.3. The van der Waals surface area contributed by atoms with Crippen LogP contribution in [0.3, 0.4) is 0 Å². The second-order valence-electron chi connectivity index (χ2n) is 6.82. The third-order valence-electron chi connectivity index (χ3n) is 5.52. The summed E-state index contributed by atoms with van der Waals surface area (Å²) < 4.78 is 0.839. The number of nitrogens with zero attached hydrogens (tertiary/aromatic N) is 2. The average Bonchev–Trinajstić information content (AvgIpc) is 2.71. The van der Waals surface area contributed by atoms with Crippen LogP contribution in [-0.2, 0) is 14.4 Å². The van der Waals surface area contributed by atoms with E-state index < -0.39 is 11.5 Å². The molecule has 3 rings (SSSR count). The molecule has 2 aliphatic rings. The third kappa shape index (κ3) is 2.52. The van der Waals surface area contributed by atoms with E-state index in [2.05, 4.69) is 15.9 Å². The van der Waals surface area contributed by atoms with Gasteiger partial charge >= 0.3 is 0 Å². The fourth-order valence-corrected chi connectivity index (χ4v) is 5.02. The smallest absolute Gasteiger partial charge is 0.238 e. The number of benzene rings is 1. The molecule has 2 fully saturated rings. The Morgan fingerprint density at radius 3 is 2.38 bits per heavy atom. The van der Waals surface area contributed by atoms with Crippen LogP contribution in [0.2, 0.25) is 0 Å². The summed E-state index contributed by atoms with van der Waals surface area (Å²) in [5.74, 6) is -0.781. The van der Waals surface area contributed by atoms with E-state index in [0.717, 1.165) is 21.2 Å². The van der Waals surface area contributed by atoms with Crippen LogP contribution in [0.1, 0.15) is 35.4 Å². The van der Waals surface area contributed by atoms with Gasteiger partial charge in [0.25, 0.3) is 0 Å². The van der Waals surface area contributed by atoms with Crippen LogP contribution in [0.25, 0.3) is 0 Å². The van der Waals surface area contributed by atoms with Crippen molar-refractivity contribution in [2.24, 2.45) is 0 Å². The van der Waals surface area contributed by atoms with Gasteiger partial charge in [-0.15, -0.1) is 0 Å². The molecule has 130 valence electrons. The lowest BCUT2D eigenvalue weighted by molar-refractivity contribution is -0.165. The monoisotopic (exact) mass is 394 g/mol. The minimum Gasteiger partial charge on any atom is -0.332 e. The summed E-state index contributed by atoms with van der Waals surface area (Å²) in [5.41, 5.74) is 2.20. The Labute approximate surface area is 151 Å². The number of likely N-dealkylation sites (tertiary alicyclic amines) is 1. The lowest BCUT2D eigenvalue weighted by Gasteiger charge is -2.41. The summed E-state index contributed by atoms with van der Waals surface area (Å²) in [6.07, 6.45) is 1.22. The summed E-state index contributed by atoms with van der Waals surface area (Å²) in [4.78, 5) is 33.3. The highest BCUT2D eigenvalue weighted by molar-refractivity contribution is 9.10. The number of rotatable bonds is 2. The molecule has 1 spiro atoms. The molecule has 1 atom stereocenters. The number of ketones is 1. The number of hydroxylamine groups is 2. The van der Waals surface area contributed by atoms with Crippen molar-refractivity contribution in [2.75, 3.05) is 27.2 Å². The van der Waals surface area contributed by atoms with E-state index in [4.69, 9.17) is 4.84 Å². The Hall–Kier alpha value is -1.24. The summed E-state index contributed by atoms with van der Waals surface area (Å²) >= 11 is 3.56. The second kappa shape index (κ2) is 6.24. The number of hydrogen-bond acceptors (Lipinski definition) is 4. The first-order valence-corrected chi connectivity index (χ1v) is 8.99. The van der Waals surface area contributed by atoms with E-state index in [0.29, 0.717) is 25.9 Å². The molecule has 0 aliphatic carbocycles. The zero-order chi connectivity index (χ0) is 17.6.